The number of para-hydroxylation sites is 1. The summed E-state index contributed by atoms with van der Waals surface area (Å²) >= 11 is 7.72. The first kappa shape index (κ1) is 21.1. The summed E-state index contributed by atoms with van der Waals surface area (Å²) in [5, 5.41) is 0.447. The van der Waals surface area contributed by atoms with Crippen molar-refractivity contribution in [1.82, 2.24) is 4.57 Å². The van der Waals surface area contributed by atoms with Crippen LogP contribution in [0.25, 0.3) is 6.08 Å². The Labute approximate surface area is 187 Å². The molecule has 6 nitrogen and oxygen atoms in total. The Morgan fingerprint density at radius 3 is 2.58 bits per heavy atom. The van der Waals surface area contributed by atoms with Crippen molar-refractivity contribution in [2.24, 2.45) is 4.99 Å². The summed E-state index contributed by atoms with van der Waals surface area (Å²) in [6, 6.07) is 13.8. The number of hydrogen-bond donors (Lipinski definition) is 0. The number of fused-ring (bicyclic) bond motifs is 1. The van der Waals surface area contributed by atoms with Crippen LogP contribution in [0.3, 0.4) is 0 Å². The molecule has 3 aromatic rings. The highest BCUT2D eigenvalue weighted by Crippen LogP contribution is 2.34. The van der Waals surface area contributed by atoms with E-state index < -0.39 is 12.0 Å². The van der Waals surface area contributed by atoms with Crippen molar-refractivity contribution in [2.75, 3.05) is 14.2 Å². The SMILES string of the molecule is COC(=O)C1=C(C)N=c2s/c(=C\c3ccccc3OC)c(=O)n2[C@@H]1c1ccccc1Cl. The number of carbonyl (C=O) groups is 1. The number of benzene rings is 2. The maximum absolute atomic E-state index is 13.5. The minimum atomic E-state index is -0.739. The van der Waals surface area contributed by atoms with Crippen molar-refractivity contribution in [3.05, 3.63) is 95.6 Å². The molecule has 0 aliphatic carbocycles. The van der Waals surface area contributed by atoms with Gasteiger partial charge in [-0.1, -0.05) is 59.3 Å². The molecule has 0 N–H and O–H groups in total. The molecule has 2 heterocycles. The van der Waals surface area contributed by atoms with Crippen LogP contribution in [0.5, 0.6) is 5.75 Å². The molecule has 0 radical (unpaired) electrons. The lowest BCUT2D eigenvalue weighted by Gasteiger charge is -2.25. The minimum absolute atomic E-state index is 0.270. The molecule has 0 bridgehead atoms. The molecule has 0 spiro atoms. The first-order chi connectivity index (χ1) is 15.0. The van der Waals surface area contributed by atoms with Crippen LogP contribution >= 0.6 is 22.9 Å². The van der Waals surface area contributed by atoms with Gasteiger partial charge in [0.2, 0.25) is 0 Å². The molecule has 0 fully saturated rings. The Kier molecular flexibility index (Phi) is 5.80. The fraction of sp³-hybridized carbons (Fsp3) is 0.174. The molecular weight excluding hydrogens is 436 g/mol. The lowest BCUT2D eigenvalue weighted by atomic mass is 9.96. The molecule has 1 aliphatic rings. The maximum atomic E-state index is 13.5. The number of allylic oxidation sites excluding steroid dienone is 1. The topological polar surface area (TPSA) is 69.9 Å². The van der Waals surface area contributed by atoms with Crippen molar-refractivity contribution >= 4 is 35.0 Å². The number of thiazole rings is 1. The molecule has 4 rings (SSSR count). The molecule has 1 aromatic heterocycles. The Morgan fingerprint density at radius 1 is 1.16 bits per heavy atom. The molecular formula is C23H19ClN2O4S. The number of esters is 1. The third-order valence-corrected chi connectivity index (χ3v) is 6.38. The summed E-state index contributed by atoms with van der Waals surface area (Å²) in [6.45, 7) is 1.73. The van der Waals surface area contributed by atoms with Crippen LogP contribution in [0.15, 0.2) is 69.6 Å². The van der Waals surface area contributed by atoms with Gasteiger partial charge in [-0.2, -0.15) is 0 Å². The van der Waals surface area contributed by atoms with E-state index in [1.54, 1.807) is 38.3 Å². The number of aromatic nitrogens is 1. The predicted molar refractivity (Wildman–Crippen MR) is 120 cm³/mol. The number of methoxy groups -OCH3 is 2. The predicted octanol–water partition coefficient (Wildman–Crippen LogP) is 3.07. The molecule has 158 valence electrons. The van der Waals surface area contributed by atoms with E-state index in [2.05, 4.69) is 4.99 Å². The average molecular weight is 455 g/mol. The lowest BCUT2D eigenvalue weighted by Crippen LogP contribution is -2.39. The van der Waals surface area contributed by atoms with Crippen molar-refractivity contribution in [3.63, 3.8) is 0 Å². The molecule has 1 atom stereocenters. The van der Waals surface area contributed by atoms with E-state index >= 15 is 0 Å². The van der Waals surface area contributed by atoms with Crippen molar-refractivity contribution in [2.45, 2.75) is 13.0 Å². The van der Waals surface area contributed by atoms with Gasteiger partial charge in [-0.05, 0) is 30.7 Å². The zero-order valence-electron chi connectivity index (χ0n) is 17.1. The zero-order chi connectivity index (χ0) is 22.1. The van der Waals surface area contributed by atoms with Gasteiger partial charge in [0.05, 0.1) is 30.0 Å². The van der Waals surface area contributed by atoms with Crippen molar-refractivity contribution in [3.8, 4) is 5.75 Å². The largest absolute Gasteiger partial charge is 0.496 e. The van der Waals surface area contributed by atoms with Gasteiger partial charge in [0.15, 0.2) is 4.80 Å². The van der Waals surface area contributed by atoms with Crippen molar-refractivity contribution in [1.29, 1.82) is 0 Å². The van der Waals surface area contributed by atoms with E-state index in [0.29, 0.717) is 31.4 Å². The third-order valence-electron chi connectivity index (χ3n) is 5.05. The second-order valence-electron chi connectivity index (χ2n) is 6.84. The smallest absolute Gasteiger partial charge is 0.338 e. The molecule has 8 heteroatoms. The van der Waals surface area contributed by atoms with E-state index in [0.717, 1.165) is 5.56 Å². The highest BCUT2D eigenvalue weighted by molar-refractivity contribution is 7.07. The van der Waals surface area contributed by atoms with E-state index in [9.17, 15) is 9.59 Å². The fourth-order valence-electron chi connectivity index (χ4n) is 3.61. The number of rotatable bonds is 4. The number of ether oxygens (including phenoxy) is 2. The number of halogens is 1. The summed E-state index contributed by atoms with van der Waals surface area (Å²) in [7, 11) is 2.89. The Hall–Kier alpha value is -3.16. The number of carbonyl (C=O) groups excluding carboxylic acids is 1. The van der Waals surface area contributed by atoms with E-state index in [4.69, 9.17) is 21.1 Å². The minimum Gasteiger partial charge on any atom is -0.496 e. The van der Waals surface area contributed by atoms with Gasteiger partial charge in [-0.15, -0.1) is 0 Å². The van der Waals surface area contributed by atoms with Gasteiger partial charge >= 0.3 is 5.97 Å². The summed E-state index contributed by atoms with van der Waals surface area (Å²) in [4.78, 5) is 31.2. The van der Waals surface area contributed by atoms with Gasteiger partial charge in [-0.3, -0.25) is 9.36 Å². The average Bonchev–Trinajstić information content (AvgIpc) is 3.07. The summed E-state index contributed by atoms with van der Waals surface area (Å²) in [6.07, 6.45) is 1.77. The van der Waals surface area contributed by atoms with E-state index in [1.165, 1.54) is 23.0 Å². The summed E-state index contributed by atoms with van der Waals surface area (Å²) < 4.78 is 12.4. The van der Waals surface area contributed by atoms with Gasteiger partial charge in [0.25, 0.3) is 5.56 Å². The quantitative estimate of drug-likeness (QED) is 0.568. The van der Waals surface area contributed by atoms with Gasteiger partial charge in [0.1, 0.15) is 11.8 Å². The van der Waals surface area contributed by atoms with Gasteiger partial charge in [0, 0.05) is 10.6 Å². The molecule has 0 amide bonds. The highest BCUT2D eigenvalue weighted by Gasteiger charge is 2.34. The third kappa shape index (κ3) is 3.71. The Balaban J connectivity index is 2.01. The summed E-state index contributed by atoms with van der Waals surface area (Å²) in [5.41, 5.74) is 1.90. The molecule has 0 saturated carbocycles. The Bertz CT molecular complexity index is 1390. The molecule has 0 unspecified atom stereocenters. The Morgan fingerprint density at radius 2 is 1.87 bits per heavy atom. The number of nitrogens with zero attached hydrogens (tertiary/aromatic N) is 2. The lowest BCUT2D eigenvalue weighted by molar-refractivity contribution is -0.136. The monoisotopic (exact) mass is 454 g/mol. The second-order valence-corrected chi connectivity index (χ2v) is 8.25. The second kappa shape index (κ2) is 8.53. The standard InChI is InChI=1S/C23H19ClN2O4S/c1-13-19(22(28)30-3)20(15-9-5-6-10-16(15)24)26-21(27)18(31-23(26)25-13)12-14-8-4-7-11-17(14)29-2/h4-12,20H,1-3H3/b18-12-/t20-/m1/s1. The van der Waals surface area contributed by atoms with Crippen molar-refractivity contribution < 1.29 is 14.3 Å². The number of hydrogen-bond acceptors (Lipinski definition) is 6. The van der Waals surface area contributed by atoms with Crippen LogP contribution in [0.2, 0.25) is 5.02 Å². The molecule has 31 heavy (non-hydrogen) atoms. The summed E-state index contributed by atoms with van der Waals surface area (Å²) in [5.74, 6) is 0.104. The van der Waals surface area contributed by atoms with E-state index in [-0.39, 0.29) is 11.1 Å². The molecule has 1 aliphatic heterocycles. The highest BCUT2D eigenvalue weighted by atomic mass is 35.5. The fourth-order valence-corrected chi connectivity index (χ4v) is 4.89. The van der Waals surface area contributed by atoms with Crippen LogP contribution in [-0.2, 0) is 9.53 Å². The van der Waals surface area contributed by atoms with Gasteiger partial charge in [-0.25, -0.2) is 9.79 Å². The van der Waals surface area contributed by atoms with Crippen LogP contribution in [0, 0.1) is 0 Å². The normalized spacial score (nSPS) is 16.0. The maximum Gasteiger partial charge on any atom is 0.338 e. The molecule has 2 aromatic carbocycles. The first-order valence-electron chi connectivity index (χ1n) is 9.44. The molecule has 0 saturated heterocycles. The van der Waals surface area contributed by atoms with Crippen LogP contribution in [0.1, 0.15) is 24.1 Å². The van der Waals surface area contributed by atoms with Crippen LogP contribution in [-0.4, -0.2) is 24.8 Å². The van der Waals surface area contributed by atoms with Crippen LogP contribution < -0.4 is 19.6 Å². The zero-order valence-corrected chi connectivity index (χ0v) is 18.7. The first-order valence-corrected chi connectivity index (χ1v) is 10.6. The van der Waals surface area contributed by atoms with Gasteiger partial charge < -0.3 is 9.47 Å². The van der Waals surface area contributed by atoms with E-state index in [1.807, 2.05) is 30.3 Å². The van der Waals surface area contributed by atoms with Crippen LogP contribution in [0.4, 0.5) is 0 Å².